The summed E-state index contributed by atoms with van der Waals surface area (Å²) in [5.74, 6) is 0.0299. The molecule has 13 heavy (non-hydrogen) atoms. The van der Waals surface area contributed by atoms with Crippen LogP contribution >= 0.6 is 15.9 Å². The molecule has 0 bridgehead atoms. The highest BCUT2D eigenvalue weighted by Gasteiger charge is 2.11. The van der Waals surface area contributed by atoms with Crippen molar-refractivity contribution in [1.82, 2.24) is 0 Å². The predicted octanol–water partition coefficient (Wildman–Crippen LogP) is 1.95. The van der Waals surface area contributed by atoms with Crippen LogP contribution < -0.4 is 10.5 Å². The van der Waals surface area contributed by atoms with Gasteiger partial charge in [-0.3, -0.25) is 4.79 Å². The van der Waals surface area contributed by atoms with Crippen molar-refractivity contribution in [1.29, 1.82) is 0 Å². The lowest BCUT2D eigenvalue weighted by molar-refractivity contribution is 0.0996. The van der Waals surface area contributed by atoms with Gasteiger partial charge < -0.3 is 10.5 Å². The summed E-state index contributed by atoms with van der Waals surface area (Å²) in [6.45, 7) is 2.35. The molecule has 4 heteroatoms. The SMILES string of the molecule is CCOc1c(Br)cccc1C(N)=O. The van der Waals surface area contributed by atoms with Crippen molar-refractivity contribution in [3.05, 3.63) is 28.2 Å². The second kappa shape index (κ2) is 4.28. The number of ether oxygens (including phenoxy) is 1. The van der Waals surface area contributed by atoms with Gasteiger partial charge in [-0.2, -0.15) is 0 Å². The molecule has 1 rings (SSSR count). The van der Waals surface area contributed by atoms with Crippen molar-refractivity contribution < 1.29 is 9.53 Å². The number of benzene rings is 1. The van der Waals surface area contributed by atoms with Gasteiger partial charge in [-0.15, -0.1) is 0 Å². The third-order valence-electron chi connectivity index (χ3n) is 1.52. The van der Waals surface area contributed by atoms with Crippen LogP contribution in [0.2, 0.25) is 0 Å². The molecule has 2 N–H and O–H groups in total. The number of hydrogen-bond donors (Lipinski definition) is 1. The number of carbonyl (C=O) groups excluding carboxylic acids is 1. The molecule has 0 unspecified atom stereocenters. The van der Waals surface area contributed by atoms with Crippen molar-refractivity contribution in [2.75, 3.05) is 6.61 Å². The van der Waals surface area contributed by atoms with Crippen LogP contribution in [0.1, 0.15) is 17.3 Å². The number of halogens is 1. The molecule has 0 fully saturated rings. The lowest BCUT2D eigenvalue weighted by Gasteiger charge is -2.08. The van der Waals surface area contributed by atoms with Gasteiger partial charge >= 0.3 is 0 Å². The Labute approximate surface area is 85.0 Å². The average molecular weight is 244 g/mol. The Kier molecular flexibility index (Phi) is 3.31. The molecule has 70 valence electrons. The van der Waals surface area contributed by atoms with E-state index in [1.54, 1.807) is 18.2 Å². The van der Waals surface area contributed by atoms with Crippen LogP contribution in [0.25, 0.3) is 0 Å². The first-order valence-corrected chi connectivity index (χ1v) is 4.67. The summed E-state index contributed by atoms with van der Waals surface area (Å²) < 4.78 is 6.02. The van der Waals surface area contributed by atoms with Crippen molar-refractivity contribution in [2.24, 2.45) is 5.73 Å². The Hall–Kier alpha value is -1.03. The third-order valence-corrected chi connectivity index (χ3v) is 2.15. The quantitative estimate of drug-likeness (QED) is 0.883. The second-order valence-corrected chi connectivity index (χ2v) is 3.27. The lowest BCUT2D eigenvalue weighted by atomic mass is 10.2. The zero-order valence-electron chi connectivity index (χ0n) is 7.21. The minimum Gasteiger partial charge on any atom is -0.492 e. The van der Waals surface area contributed by atoms with Crippen molar-refractivity contribution in [3.8, 4) is 5.75 Å². The minimum absolute atomic E-state index is 0.399. The first-order chi connectivity index (χ1) is 6.16. The molecule has 0 aliphatic rings. The van der Waals surface area contributed by atoms with E-state index in [4.69, 9.17) is 10.5 Å². The van der Waals surface area contributed by atoms with Gasteiger partial charge in [0.15, 0.2) is 0 Å². The monoisotopic (exact) mass is 243 g/mol. The second-order valence-electron chi connectivity index (χ2n) is 2.41. The van der Waals surface area contributed by atoms with Crippen LogP contribution in [0.4, 0.5) is 0 Å². The van der Waals surface area contributed by atoms with Gasteiger partial charge in [0.05, 0.1) is 16.6 Å². The average Bonchev–Trinajstić information content (AvgIpc) is 2.08. The summed E-state index contributed by atoms with van der Waals surface area (Å²) in [7, 11) is 0. The molecule has 1 amide bonds. The maximum Gasteiger partial charge on any atom is 0.252 e. The Morgan fingerprint density at radius 2 is 2.31 bits per heavy atom. The molecule has 0 aromatic heterocycles. The largest absolute Gasteiger partial charge is 0.492 e. The first kappa shape index (κ1) is 10.1. The summed E-state index contributed by atoms with van der Waals surface area (Å²) >= 11 is 3.28. The molecule has 0 saturated carbocycles. The zero-order valence-corrected chi connectivity index (χ0v) is 8.80. The molecule has 3 nitrogen and oxygen atoms in total. The van der Waals surface area contributed by atoms with Crippen molar-refractivity contribution >= 4 is 21.8 Å². The van der Waals surface area contributed by atoms with Gasteiger partial charge in [0.25, 0.3) is 5.91 Å². The van der Waals surface area contributed by atoms with Gasteiger partial charge in [-0.1, -0.05) is 6.07 Å². The highest BCUT2D eigenvalue weighted by Crippen LogP contribution is 2.28. The van der Waals surface area contributed by atoms with Gasteiger partial charge in [0, 0.05) is 0 Å². The number of carbonyl (C=O) groups is 1. The van der Waals surface area contributed by atoms with Crippen molar-refractivity contribution in [3.63, 3.8) is 0 Å². The van der Waals surface area contributed by atoms with Crippen LogP contribution in [0, 0.1) is 0 Å². The van der Waals surface area contributed by atoms with Crippen LogP contribution in [-0.4, -0.2) is 12.5 Å². The Bertz CT molecular complexity index is 325. The third kappa shape index (κ3) is 2.21. The topological polar surface area (TPSA) is 52.3 Å². The van der Waals surface area contributed by atoms with E-state index in [1.807, 2.05) is 6.92 Å². The molecular formula is C9H10BrNO2. The fourth-order valence-corrected chi connectivity index (χ4v) is 1.47. The number of primary amides is 1. The maximum absolute atomic E-state index is 11.0. The fourth-order valence-electron chi connectivity index (χ4n) is 0.994. The molecule has 0 aliphatic heterocycles. The molecule has 0 aliphatic carbocycles. The molecule has 0 heterocycles. The van der Waals surface area contributed by atoms with E-state index in [-0.39, 0.29) is 0 Å². The van der Waals surface area contributed by atoms with Crippen molar-refractivity contribution in [2.45, 2.75) is 6.92 Å². The van der Waals surface area contributed by atoms with E-state index in [0.717, 1.165) is 4.47 Å². The maximum atomic E-state index is 11.0. The fraction of sp³-hybridized carbons (Fsp3) is 0.222. The van der Waals surface area contributed by atoms with Gasteiger partial charge in [0.1, 0.15) is 5.75 Å². The standard InChI is InChI=1S/C9H10BrNO2/c1-2-13-8-6(9(11)12)4-3-5-7(8)10/h3-5H,2H2,1H3,(H2,11,12). The van der Waals surface area contributed by atoms with E-state index in [2.05, 4.69) is 15.9 Å². The minimum atomic E-state index is -0.482. The van der Waals surface area contributed by atoms with Crippen LogP contribution in [-0.2, 0) is 0 Å². The number of amides is 1. The Balaban J connectivity index is 3.17. The molecular weight excluding hydrogens is 234 g/mol. The molecule has 1 aromatic carbocycles. The molecule has 0 atom stereocenters. The highest BCUT2D eigenvalue weighted by molar-refractivity contribution is 9.10. The van der Waals surface area contributed by atoms with E-state index in [0.29, 0.717) is 17.9 Å². The summed E-state index contributed by atoms with van der Waals surface area (Å²) in [6.07, 6.45) is 0. The smallest absolute Gasteiger partial charge is 0.252 e. The number of hydrogen-bond acceptors (Lipinski definition) is 2. The van der Waals surface area contributed by atoms with Gasteiger partial charge in [-0.25, -0.2) is 0 Å². The summed E-state index contributed by atoms with van der Waals surface area (Å²) in [6, 6.07) is 5.18. The van der Waals surface area contributed by atoms with Crippen LogP contribution in [0.3, 0.4) is 0 Å². The Morgan fingerprint density at radius 3 is 2.85 bits per heavy atom. The summed E-state index contributed by atoms with van der Waals surface area (Å²) in [5, 5.41) is 0. The van der Waals surface area contributed by atoms with Gasteiger partial charge in [0.2, 0.25) is 0 Å². The lowest BCUT2D eigenvalue weighted by Crippen LogP contribution is -2.13. The molecule has 0 radical (unpaired) electrons. The van der Waals surface area contributed by atoms with Gasteiger partial charge in [-0.05, 0) is 35.0 Å². The zero-order chi connectivity index (χ0) is 9.84. The van der Waals surface area contributed by atoms with E-state index in [9.17, 15) is 4.79 Å². The number of nitrogens with two attached hydrogens (primary N) is 1. The van der Waals surface area contributed by atoms with Crippen LogP contribution in [0.5, 0.6) is 5.75 Å². The Morgan fingerprint density at radius 1 is 1.62 bits per heavy atom. The molecule has 1 aromatic rings. The number of para-hydroxylation sites is 1. The van der Waals surface area contributed by atoms with E-state index < -0.39 is 5.91 Å². The normalized spacial score (nSPS) is 9.69. The molecule has 0 spiro atoms. The highest BCUT2D eigenvalue weighted by atomic mass is 79.9. The van der Waals surface area contributed by atoms with E-state index >= 15 is 0 Å². The van der Waals surface area contributed by atoms with E-state index in [1.165, 1.54) is 0 Å². The first-order valence-electron chi connectivity index (χ1n) is 3.88. The summed E-state index contributed by atoms with van der Waals surface area (Å²) in [5.41, 5.74) is 5.57. The van der Waals surface area contributed by atoms with Crippen LogP contribution in [0.15, 0.2) is 22.7 Å². The molecule has 0 saturated heterocycles. The predicted molar refractivity (Wildman–Crippen MR) is 53.8 cm³/mol. The number of rotatable bonds is 3. The summed E-state index contributed by atoms with van der Waals surface area (Å²) in [4.78, 5) is 11.0.